The van der Waals surface area contributed by atoms with E-state index >= 15 is 0 Å². The molecule has 1 aromatic carbocycles. The third kappa shape index (κ3) is 3.49. The lowest BCUT2D eigenvalue weighted by Gasteiger charge is -2.32. The van der Waals surface area contributed by atoms with Gasteiger partial charge in [-0.05, 0) is 19.4 Å². The molecule has 112 valence electrons. The number of aliphatic hydroxyl groups is 1. The van der Waals surface area contributed by atoms with Gasteiger partial charge in [-0.15, -0.1) is 0 Å². The van der Waals surface area contributed by atoms with Gasteiger partial charge in [0.1, 0.15) is 0 Å². The number of carbonyl (C=O) groups is 1. The average Bonchev–Trinajstić information content (AvgIpc) is 2.34. The van der Waals surface area contributed by atoms with E-state index in [1.165, 1.54) is 32.0 Å². The van der Waals surface area contributed by atoms with Crippen molar-refractivity contribution >= 4 is 5.91 Å². The van der Waals surface area contributed by atoms with Crippen LogP contribution in [0, 0.1) is 0 Å². The van der Waals surface area contributed by atoms with Crippen molar-refractivity contribution < 1.29 is 23.1 Å². The molecule has 0 heterocycles. The van der Waals surface area contributed by atoms with Gasteiger partial charge in [-0.2, -0.15) is 13.2 Å². The van der Waals surface area contributed by atoms with Gasteiger partial charge in [0.2, 0.25) is 11.5 Å². The maximum atomic E-state index is 13.1. The molecule has 1 unspecified atom stereocenters. The van der Waals surface area contributed by atoms with Gasteiger partial charge in [0.05, 0.1) is 12.1 Å². The van der Waals surface area contributed by atoms with E-state index in [1.54, 1.807) is 0 Å². The highest BCUT2D eigenvalue weighted by Crippen LogP contribution is 2.38. The van der Waals surface area contributed by atoms with Crippen molar-refractivity contribution in [2.45, 2.75) is 31.2 Å². The minimum atomic E-state index is -4.93. The van der Waals surface area contributed by atoms with E-state index in [4.69, 9.17) is 5.73 Å². The van der Waals surface area contributed by atoms with Crippen LogP contribution in [0.4, 0.5) is 13.2 Å². The highest BCUT2D eigenvalue weighted by atomic mass is 19.4. The van der Waals surface area contributed by atoms with Gasteiger partial charge < -0.3 is 16.2 Å². The third-order valence-corrected chi connectivity index (χ3v) is 2.81. The van der Waals surface area contributed by atoms with E-state index in [2.05, 4.69) is 0 Å². The smallest absolute Gasteiger partial charge is 0.375 e. The van der Waals surface area contributed by atoms with E-state index in [1.807, 2.05) is 5.32 Å². The summed E-state index contributed by atoms with van der Waals surface area (Å²) < 4.78 is 39.3. The number of alkyl halides is 3. The summed E-state index contributed by atoms with van der Waals surface area (Å²) in [6.45, 7) is 1.72. The molecule has 0 bridgehead atoms. The van der Waals surface area contributed by atoms with Crippen LogP contribution >= 0.6 is 0 Å². The second-order valence-corrected chi connectivity index (χ2v) is 5.13. The molecular formula is C13H17F3N2O2. The lowest BCUT2D eigenvalue weighted by atomic mass is 9.92. The molecule has 0 aromatic heterocycles. The van der Waals surface area contributed by atoms with Crippen LogP contribution in [-0.4, -0.2) is 29.3 Å². The SMILES string of the molecule is CC(C)(N)C(=O)NCC(O)(c1ccccc1)C(F)(F)F. The van der Waals surface area contributed by atoms with Crippen LogP contribution in [0.25, 0.3) is 0 Å². The highest BCUT2D eigenvalue weighted by molar-refractivity contribution is 5.85. The molecule has 4 nitrogen and oxygen atoms in total. The fraction of sp³-hybridized carbons (Fsp3) is 0.462. The topological polar surface area (TPSA) is 75.4 Å². The summed E-state index contributed by atoms with van der Waals surface area (Å²) in [5, 5.41) is 12.0. The van der Waals surface area contributed by atoms with Gasteiger partial charge in [-0.1, -0.05) is 30.3 Å². The van der Waals surface area contributed by atoms with E-state index in [-0.39, 0.29) is 5.56 Å². The average molecular weight is 290 g/mol. The van der Waals surface area contributed by atoms with Crippen molar-refractivity contribution in [3.05, 3.63) is 35.9 Å². The first-order valence-electron chi connectivity index (χ1n) is 5.90. The quantitative estimate of drug-likeness (QED) is 0.782. The van der Waals surface area contributed by atoms with Crippen LogP contribution in [0.3, 0.4) is 0 Å². The molecule has 1 atom stereocenters. The van der Waals surface area contributed by atoms with Crippen molar-refractivity contribution in [1.82, 2.24) is 5.32 Å². The van der Waals surface area contributed by atoms with Crippen LogP contribution in [0.15, 0.2) is 30.3 Å². The maximum Gasteiger partial charge on any atom is 0.423 e. The zero-order valence-corrected chi connectivity index (χ0v) is 11.2. The molecule has 0 saturated carbocycles. The second-order valence-electron chi connectivity index (χ2n) is 5.13. The number of halogens is 3. The normalized spacial score (nSPS) is 15.6. The Morgan fingerprint density at radius 1 is 1.25 bits per heavy atom. The Morgan fingerprint density at radius 2 is 1.75 bits per heavy atom. The molecule has 0 saturated heterocycles. The standard InChI is InChI=1S/C13H17F3N2O2/c1-11(2,17)10(19)18-8-12(20,13(14,15)16)9-6-4-3-5-7-9/h3-7,20H,8,17H2,1-2H3,(H,18,19). The van der Waals surface area contributed by atoms with Crippen LogP contribution in [0.2, 0.25) is 0 Å². The Bertz CT molecular complexity index is 469. The van der Waals surface area contributed by atoms with Crippen LogP contribution in [0.1, 0.15) is 19.4 Å². The molecular weight excluding hydrogens is 273 g/mol. The summed E-state index contributed by atoms with van der Waals surface area (Å²) >= 11 is 0. The maximum absolute atomic E-state index is 13.1. The molecule has 0 aliphatic heterocycles. The summed E-state index contributed by atoms with van der Waals surface area (Å²) in [4.78, 5) is 11.6. The largest absolute Gasteiger partial charge is 0.423 e. The van der Waals surface area contributed by atoms with Gasteiger partial charge in [0, 0.05) is 0 Å². The summed E-state index contributed by atoms with van der Waals surface area (Å²) in [6.07, 6.45) is -4.93. The van der Waals surface area contributed by atoms with Crippen LogP contribution in [0.5, 0.6) is 0 Å². The first-order valence-corrected chi connectivity index (χ1v) is 5.90. The first-order chi connectivity index (χ1) is 8.98. The number of hydrogen-bond donors (Lipinski definition) is 3. The van der Waals surface area contributed by atoms with E-state index in [9.17, 15) is 23.1 Å². The molecule has 0 spiro atoms. The molecule has 0 aliphatic carbocycles. The van der Waals surface area contributed by atoms with Gasteiger partial charge in [-0.25, -0.2) is 0 Å². The summed E-state index contributed by atoms with van der Waals surface area (Å²) in [7, 11) is 0. The number of nitrogens with one attached hydrogen (secondary N) is 1. The minimum absolute atomic E-state index is 0.345. The fourth-order valence-corrected chi connectivity index (χ4v) is 1.52. The highest BCUT2D eigenvalue weighted by Gasteiger charge is 2.55. The van der Waals surface area contributed by atoms with Crippen molar-refractivity contribution in [3.63, 3.8) is 0 Å². The van der Waals surface area contributed by atoms with Gasteiger partial charge in [0.15, 0.2) is 0 Å². The summed E-state index contributed by atoms with van der Waals surface area (Å²) in [5.41, 5.74) is 0.649. The van der Waals surface area contributed by atoms with Crippen molar-refractivity contribution in [2.24, 2.45) is 5.73 Å². The Hall–Kier alpha value is -1.60. The molecule has 0 radical (unpaired) electrons. The lowest BCUT2D eigenvalue weighted by molar-refractivity contribution is -0.264. The zero-order valence-electron chi connectivity index (χ0n) is 11.2. The molecule has 1 aromatic rings. The number of benzene rings is 1. The third-order valence-electron chi connectivity index (χ3n) is 2.81. The lowest BCUT2D eigenvalue weighted by Crippen LogP contribution is -2.56. The molecule has 20 heavy (non-hydrogen) atoms. The van der Waals surface area contributed by atoms with Gasteiger partial charge >= 0.3 is 6.18 Å². The summed E-state index contributed by atoms with van der Waals surface area (Å²) in [5.74, 6) is -0.781. The second kappa shape index (κ2) is 5.41. The van der Waals surface area contributed by atoms with Gasteiger partial charge in [-0.3, -0.25) is 4.79 Å². The Balaban J connectivity index is 3.01. The van der Waals surface area contributed by atoms with E-state index in [0.29, 0.717) is 0 Å². The molecule has 4 N–H and O–H groups in total. The number of rotatable bonds is 4. The van der Waals surface area contributed by atoms with Crippen molar-refractivity contribution in [3.8, 4) is 0 Å². The zero-order chi connectivity index (χ0) is 15.6. The van der Waals surface area contributed by atoms with Crippen LogP contribution in [-0.2, 0) is 10.4 Å². The summed E-state index contributed by atoms with van der Waals surface area (Å²) in [6, 6.07) is 6.57. The van der Waals surface area contributed by atoms with Gasteiger partial charge in [0.25, 0.3) is 0 Å². The predicted octanol–water partition coefficient (Wildman–Crippen LogP) is 1.29. The molecule has 0 fully saturated rings. The molecule has 0 aliphatic rings. The fourth-order valence-electron chi connectivity index (χ4n) is 1.52. The van der Waals surface area contributed by atoms with E-state index in [0.717, 1.165) is 12.1 Å². The van der Waals surface area contributed by atoms with Crippen molar-refractivity contribution in [2.75, 3.05) is 6.54 Å². The number of amides is 1. The monoisotopic (exact) mass is 290 g/mol. The number of hydrogen-bond acceptors (Lipinski definition) is 3. The molecule has 1 amide bonds. The van der Waals surface area contributed by atoms with Crippen molar-refractivity contribution in [1.29, 1.82) is 0 Å². The number of carbonyl (C=O) groups excluding carboxylic acids is 1. The Morgan fingerprint density at radius 3 is 2.15 bits per heavy atom. The molecule has 1 rings (SSSR count). The number of nitrogens with two attached hydrogens (primary N) is 1. The van der Waals surface area contributed by atoms with Crippen LogP contribution < -0.4 is 11.1 Å². The first kappa shape index (κ1) is 16.5. The molecule has 7 heteroatoms. The Labute approximate surface area is 114 Å². The van der Waals surface area contributed by atoms with E-state index < -0.39 is 29.8 Å². The Kier molecular flexibility index (Phi) is 4.45. The minimum Gasteiger partial charge on any atom is -0.375 e. The predicted molar refractivity (Wildman–Crippen MR) is 67.7 cm³/mol.